The summed E-state index contributed by atoms with van der Waals surface area (Å²) in [5.41, 5.74) is 0. The van der Waals surface area contributed by atoms with Crippen LogP contribution in [0.15, 0.2) is 0 Å². The van der Waals surface area contributed by atoms with Gasteiger partial charge in [0.1, 0.15) is 0 Å². The van der Waals surface area contributed by atoms with E-state index in [2.05, 4.69) is 0 Å². The van der Waals surface area contributed by atoms with Crippen molar-refractivity contribution in [3.05, 3.63) is 0 Å². The topological polar surface area (TPSA) is 57.5 Å². The fourth-order valence-electron chi connectivity index (χ4n) is 0. The number of rotatable bonds is 0. The molecular formula is H2O3PZr. The zero-order chi connectivity index (χ0) is 4.50. The molecule has 0 aromatic rings. The molecule has 5 heavy (non-hydrogen) atoms. The molecule has 0 fully saturated rings. The molecule has 0 aromatic heterocycles. The predicted molar refractivity (Wildman–Crippen MR) is 12.0 cm³/mol. The molecule has 0 aromatic carbocycles. The molecule has 0 saturated heterocycles. The quantitative estimate of drug-likeness (QED) is 0.490. The second-order valence-electron chi connectivity index (χ2n) is 0.544. The molecule has 0 rings (SSSR count). The molecule has 0 unspecified atom stereocenters. The Hall–Kier alpha value is 1.03. The second kappa shape index (κ2) is 1.66. The van der Waals surface area contributed by atoms with Crippen LogP contribution in [0.25, 0.3) is 0 Å². The van der Waals surface area contributed by atoms with Gasteiger partial charge in [-0.2, -0.15) is 0 Å². The number of hydrogen-bond acceptors (Lipinski definition) is 1. The van der Waals surface area contributed by atoms with Crippen LogP contribution < -0.4 is 0 Å². The van der Waals surface area contributed by atoms with E-state index in [1.807, 2.05) is 0 Å². The maximum absolute atomic E-state index is 9.37. The zero-order valence-electron chi connectivity index (χ0n) is 2.25. The molecule has 0 radical (unpaired) electrons. The number of hydrogen-bond donors (Lipinski definition) is 2. The summed E-state index contributed by atoms with van der Waals surface area (Å²) in [7, 11) is 0. The zero-order valence-corrected chi connectivity index (χ0v) is 5.60. The van der Waals surface area contributed by atoms with Gasteiger partial charge in [0.15, 0.2) is 0 Å². The fraction of sp³-hybridized carbons (Fsp3) is 0. The molecule has 5 heteroatoms. The van der Waals surface area contributed by atoms with Crippen molar-refractivity contribution in [3.8, 4) is 0 Å². The predicted octanol–water partition coefficient (Wildman–Crippen LogP) is -0.374. The Labute approximate surface area is 43.7 Å². The first-order chi connectivity index (χ1) is 2.00. The summed E-state index contributed by atoms with van der Waals surface area (Å²) in [5.74, 6) is 0. The van der Waals surface area contributed by atoms with Crippen molar-refractivity contribution in [2.45, 2.75) is 0 Å². The Morgan fingerprint density at radius 3 is 1.60 bits per heavy atom. The van der Waals surface area contributed by atoms with Crippen molar-refractivity contribution < 1.29 is 38.5 Å². The Morgan fingerprint density at radius 1 is 1.60 bits per heavy atom. The van der Waals surface area contributed by atoms with Gasteiger partial charge in [-0.05, 0) is 0 Å². The monoisotopic (exact) mass is 171 g/mol. The van der Waals surface area contributed by atoms with Crippen LogP contribution in [0.3, 0.4) is 0 Å². The van der Waals surface area contributed by atoms with Gasteiger partial charge in [-0.3, -0.25) is 0 Å². The summed E-state index contributed by atoms with van der Waals surface area (Å²) in [6, 6.07) is 0. The molecule has 2 N–H and O–H groups in total. The van der Waals surface area contributed by atoms with Crippen LogP contribution in [0.2, 0.25) is 0 Å². The van der Waals surface area contributed by atoms with E-state index in [0.29, 0.717) is 0 Å². The van der Waals surface area contributed by atoms with Gasteiger partial charge in [0.05, 0.1) is 0 Å². The third-order valence-corrected chi connectivity index (χ3v) is 0. The summed E-state index contributed by atoms with van der Waals surface area (Å²) < 4.78 is 9.37. The Balaban J connectivity index is 3.47. The van der Waals surface area contributed by atoms with Gasteiger partial charge in [-0.25, -0.2) is 0 Å². The molecular weight excluding hydrogens is 170 g/mol. The van der Waals surface area contributed by atoms with Crippen LogP contribution in [0.5, 0.6) is 0 Å². The molecule has 0 spiro atoms. The van der Waals surface area contributed by atoms with Crippen molar-refractivity contribution in [1.82, 2.24) is 0 Å². The maximum atomic E-state index is 9.37. The van der Waals surface area contributed by atoms with Crippen molar-refractivity contribution >= 4 is 4.89 Å². The molecule has 0 aliphatic carbocycles. The van der Waals surface area contributed by atoms with Crippen LogP contribution in [0.1, 0.15) is 0 Å². The van der Waals surface area contributed by atoms with E-state index in [1.165, 1.54) is 0 Å². The van der Waals surface area contributed by atoms with E-state index in [-0.39, 0.29) is 24.1 Å². The molecule has 0 aliphatic rings. The SMILES string of the molecule is O=[P](O)(O)[Zr]. The average Bonchev–Trinajstić information content (AvgIpc) is 0.722. The van der Waals surface area contributed by atoms with Crippen molar-refractivity contribution in [2.75, 3.05) is 0 Å². The average molecular weight is 172 g/mol. The molecule has 0 heterocycles. The van der Waals surface area contributed by atoms with Crippen LogP contribution in [0, 0.1) is 0 Å². The fourth-order valence-corrected chi connectivity index (χ4v) is 0. The standard InChI is InChI=1S/HO3P.Zr/c1-4(2)3;/h(H-,1,2,3);/q;-1/p+1. The Bertz CT molecular complexity index is 53.0. The van der Waals surface area contributed by atoms with E-state index in [0.717, 1.165) is 0 Å². The Morgan fingerprint density at radius 2 is 1.60 bits per heavy atom. The molecule has 0 atom stereocenters. The van der Waals surface area contributed by atoms with Gasteiger partial charge in [0.2, 0.25) is 0 Å². The van der Waals surface area contributed by atoms with Crippen LogP contribution in [-0.4, -0.2) is 9.79 Å². The minimum atomic E-state index is -3.55. The van der Waals surface area contributed by atoms with E-state index in [1.54, 1.807) is 0 Å². The van der Waals surface area contributed by atoms with Crippen LogP contribution >= 0.6 is 4.89 Å². The second-order valence-corrected chi connectivity index (χ2v) is 5.93. The summed E-state index contributed by atoms with van der Waals surface area (Å²) in [4.78, 5) is 11.8. The van der Waals surface area contributed by atoms with Crippen molar-refractivity contribution in [1.29, 1.82) is 0 Å². The normalized spacial score (nSPS) is 11.4. The minimum absolute atomic E-state index is 0.284. The van der Waals surface area contributed by atoms with Gasteiger partial charge >= 0.3 is 43.4 Å². The van der Waals surface area contributed by atoms with Crippen LogP contribution in [0.4, 0.5) is 0 Å². The van der Waals surface area contributed by atoms with Crippen molar-refractivity contribution in [3.63, 3.8) is 0 Å². The summed E-state index contributed by atoms with van der Waals surface area (Å²) >= 11 is 0.284. The van der Waals surface area contributed by atoms with Gasteiger partial charge < -0.3 is 0 Å². The summed E-state index contributed by atoms with van der Waals surface area (Å²) in [6.07, 6.45) is 0. The van der Waals surface area contributed by atoms with E-state index in [4.69, 9.17) is 9.79 Å². The van der Waals surface area contributed by atoms with E-state index >= 15 is 0 Å². The van der Waals surface area contributed by atoms with Gasteiger partial charge in [0.25, 0.3) is 0 Å². The molecule has 3 nitrogen and oxygen atoms in total. The molecule has 0 amide bonds. The first-order valence-electron chi connectivity index (χ1n) is 0.806. The Kier molecular flexibility index (Phi) is 2.00. The van der Waals surface area contributed by atoms with Crippen molar-refractivity contribution in [2.24, 2.45) is 0 Å². The first kappa shape index (κ1) is 6.03. The molecule has 29 valence electrons. The van der Waals surface area contributed by atoms with Gasteiger partial charge in [0, 0.05) is 0 Å². The summed E-state index contributed by atoms with van der Waals surface area (Å²) in [5, 5.41) is 0. The third kappa shape index (κ3) is 43.4. The van der Waals surface area contributed by atoms with Gasteiger partial charge in [-0.1, -0.05) is 0 Å². The van der Waals surface area contributed by atoms with Gasteiger partial charge in [-0.15, -0.1) is 0 Å². The molecule has 0 aliphatic heterocycles. The van der Waals surface area contributed by atoms with E-state index in [9.17, 15) is 4.57 Å². The third-order valence-electron chi connectivity index (χ3n) is 0. The molecule has 0 bridgehead atoms. The molecule has 0 saturated carbocycles. The first-order valence-corrected chi connectivity index (χ1v) is 5.72. The summed E-state index contributed by atoms with van der Waals surface area (Å²) in [6.45, 7) is 0. The van der Waals surface area contributed by atoms with Crippen LogP contribution in [-0.2, 0) is 28.7 Å². The van der Waals surface area contributed by atoms with E-state index < -0.39 is 4.89 Å².